The fraction of sp³-hybridized carbons (Fsp3) is 0.125. The second kappa shape index (κ2) is 7.59. The SMILES string of the molecule is O=C(CCc1ccccc1)N/N=C/c1ccc(O)c(Br)c1. The van der Waals surface area contributed by atoms with Gasteiger partial charge in [-0.1, -0.05) is 30.3 Å². The van der Waals surface area contributed by atoms with E-state index < -0.39 is 0 Å². The summed E-state index contributed by atoms with van der Waals surface area (Å²) in [4.78, 5) is 11.7. The number of hydrogen-bond acceptors (Lipinski definition) is 3. The average Bonchev–Trinajstić information content (AvgIpc) is 2.50. The van der Waals surface area contributed by atoms with Crippen molar-refractivity contribution in [3.63, 3.8) is 0 Å². The van der Waals surface area contributed by atoms with E-state index in [1.807, 2.05) is 30.3 Å². The summed E-state index contributed by atoms with van der Waals surface area (Å²) in [6.45, 7) is 0. The maximum atomic E-state index is 11.7. The molecule has 2 aromatic carbocycles. The highest BCUT2D eigenvalue weighted by Gasteiger charge is 2.01. The zero-order chi connectivity index (χ0) is 15.1. The number of hydrogen-bond donors (Lipinski definition) is 2. The molecule has 0 heterocycles. The van der Waals surface area contributed by atoms with Crippen LogP contribution in [-0.2, 0) is 11.2 Å². The minimum Gasteiger partial charge on any atom is -0.507 e. The van der Waals surface area contributed by atoms with E-state index in [0.29, 0.717) is 17.3 Å². The average molecular weight is 347 g/mol. The van der Waals surface area contributed by atoms with Gasteiger partial charge in [-0.25, -0.2) is 5.43 Å². The highest BCUT2D eigenvalue weighted by molar-refractivity contribution is 9.10. The summed E-state index contributed by atoms with van der Waals surface area (Å²) >= 11 is 3.22. The molecular formula is C16H15BrN2O2. The van der Waals surface area contributed by atoms with Crippen LogP contribution in [0.5, 0.6) is 5.75 Å². The van der Waals surface area contributed by atoms with Crippen LogP contribution in [0, 0.1) is 0 Å². The third-order valence-corrected chi connectivity index (χ3v) is 3.49. The molecular weight excluding hydrogens is 332 g/mol. The molecule has 2 rings (SSSR count). The highest BCUT2D eigenvalue weighted by Crippen LogP contribution is 2.23. The molecule has 0 bridgehead atoms. The van der Waals surface area contributed by atoms with Crippen molar-refractivity contribution in [3.8, 4) is 5.75 Å². The van der Waals surface area contributed by atoms with Gasteiger partial charge in [-0.05, 0) is 51.7 Å². The standard InChI is InChI=1S/C16H15BrN2O2/c17-14-10-13(6-8-15(14)20)11-18-19-16(21)9-7-12-4-2-1-3-5-12/h1-6,8,10-11,20H,7,9H2,(H,19,21)/b18-11+. The Kier molecular flexibility index (Phi) is 5.51. The van der Waals surface area contributed by atoms with Gasteiger partial charge < -0.3 is 5.11 Å². The zero-order valence-electron chi connectivity index (χ0n) is 11.3. The summed E-state index contributed by atoms with van der Waals surface area (Å²) in [5, 5.41) is 13.3. The molecule has 2 aromatic rings. The topological polar surface area (TPSA) is 61.7 Å². The molecule has 1 amide bonds. The third kappa shape index (κ3) is 5.04. The van der Waals surface area contributed by atoms with Crippen molar-refractivity contribution < 1.29 is 9.90 Å². The predicted molar refractivity (Wildman–Crippen MR) is 86.3 cm³/mol. The van der Waals surface area contributed by atoms with Crippen LogP contribution in [-0.4, -0.2) is 17.2 Å². The summed E-state index contributed by atoms with van der Waals surface area (Å²) in [5.74, 6) is 0.0343. The fourth-order valence-corrected chi connectivity index (χ4v) is 2.14. The lowest BCUT2D eigenvalue weighted by atomic mass is 10.1. The third-order valence-electron chi connectivity index (χ3n) is 2.86. The van der Waals surface area contributed by atoms with E-state index in [2.05, 4.69) is 26.5 Å². The largest absolute Gasteiger partial charge is 0.507 e. The summed E-state index contributed by atoms with van der Waals surface area (Å²) < 4.78 is 0.585. The van der Waals surface area contributed by atoms with Crippen molar-refractivity contribution >= 4 is 28.1 Å². The number of hydrazone groups is 1. The van der Waals surface area contributed by atoms with Crippen molar-refractivity contribution in [2.45, 2.75) is 12.8 Å². The number of nitrogens with one attached hydrogen (secondary N) is 1. The molecule has 0 saturated heterocycles. The van der Waals surface area contributed by atoms with E-state index in [4.69, 9.17) is 0 Å². The molecule has 5 heteroatoms. The number of rotatable bonds is 5. The Morgan fingerprint density at radius 2 is 2.00 bits per heavy atom. The van der Waals surface area contributed by atoms with Crippen molar-refractivity contribution in [2.24, 2.45) is 5.10 Å². The Hall–Kier alpha value is -2.14. The number of phenolic OH excluding ortho intramolecular Hbond substituents is 1. The monoisotopic (exact) mass is 346 g/mol. The Labute approximate surface area is 131 Å². The van der Waals surface area contributed by atoms with Gasteiger partial charge >= 0.3 is 0 Å². The maximum Gasteiger partial charge on any atom is 0.240 e. The van der Waals surface area contributed by atoms with Gasteiger partial charge in [0.25, 0.3) is 0 Å². The number of halogens is 1. The van der Waals surface area contributed by atoms with Crippen LogP contribution < -0.4 is 5.43 Å². The van der Waals surface area contributed by atoms with Crippen molar-refractivity contribution in [1.82, 2.24) is 5.43 Å². The molecule has 0 atom stereocenters. The molecule has 0 radical (unpaired) electrons. The number of benzene rings is 2. The Morgan fingerprint density at radius 1 is 1.24 bits per heavy atom. The van der Waals surface area contributed by atoms with E-state index in [1.165, 1.54) is 6.21 Å². The minimum absolute atomic E-state index is 0.132. The quantitative estimate of drug-likeness (QED) is 0.644. The maximum absolute atomic E-state index is 11.7. The molecule has 2 N–H and O–H groups in total. The van der Waals surface area contributed by atoms with Gasteiger partial charge in [-0.15, -0.1) is 0 Å². The molecule has 0 fully saturated rings. The molecule has 0 saturated carbocycles. The van der Waals surface area contributed by atoms with Gasteiger partial charge in [0, 0.05) is 6.42 Å². The van der Waals surface area contributed by atoms with E-state index >= 15 is 0 Å². The Morgan fingerprint density at radius 3 is 2.71 bits per heavy atom. The van der Waals surface area contributed by atoms with E-state index in [9.17, 15) is 9.90 Å². The predicted octanol–water partition coefficient (Wildman–Crippen LogP) is 3.24. The van der Waals surface area contributed by atoms with E-state index in [-0.39, 0.29) is 11.7 Å². The van der Waals surface area contributed by atoms with Crippen LogP contribution >= 0.6 is 15.9 Å². The molecule has 0 aliphatic carbocycles. The van der Waals surface area contributed by atoms with Crippen LogP contribution in [0.2, 0.25) is 0 Å². The van der Waals surface area contributed by atoms with Crippen molar-refractivity contribution in [3.05, 3.63) is 64.1 Å². The van der Waals surface area contributed by atoms with Crippen LogP contribution in [0.4, 0.5) is 0 Å². The van der Waals surface area contributed by atoms with Crippen LogP contribution in [0.1, 0.15) is 17.5 Å². The van der Waals surface area contributed by atoms with E-state index in [1.54, 1.807) is 18.2 Å². The summed E-state index contributed by atoms with van der Waals surface area (Å²) in [6, 6.07) is 14.8. The molecule has 0 unspecified atom stereocenters. The first-order chi connectivity index (χ1) is 10.1. The number of nitrogens with zero attached hydrogens (tertiary/aromatic N) is 1. The summed E-state index contributed by atoms with van der Waals surface area (Å²) in [5.41, 5.74) is 4.39. The summed E-state index contributed by atoms with van der Waals surface area (Å²) in [7, 11) is 0. The van der Waals surface area contributed by atoms with Gasteiger partial charge in [0.1, 0.15) is 5.75 Å². The second-order valence-electron chi connectivity index (χ2n) is 4.49. The molecule has 0 aromatic heterocycles. The lowest BCUT2D eigenvalue weighted by Gasteiger charge is -2.01. The number of aryl methyl sites for hydroxylation is 1. The Balaban J connectivity index is 1.80. The first-order valence-electron chi connectivity index (χ1n) is 6.49. The molecule has 0 aliphatic heterocycles. The lowest BCUT2D eigenvalue weighted by molar-refractivity contribution is -0.121. The number of carbonyl (C=O) groups is 1. The number of aromatic hydroxyl groups is 1. The zero-order valence-corrected chi connectivity index (χ0v) is 12.9. The first-order valence-corrected chi connectivity index (χ1v) is 7.29. The number of carbonyl (C=O) groups excluding carboxylic acids is 1. The first kappa shape index (κ1) is 15.3. The van der Waals surface area contributed by atoms with Crippen molar-refractivity contribution in [2.75, 3.05) is 0 Å². The number of amides is 1. The van der Waals surface area contributed by atoms with Crippen molar-refractivity contribution in [1.29, 1.82) is 0 Å². The minimum atomic E-state index is -0.132. The molecule has 0 spiro atoms. The van der Waals surface area contributed by atoms with Gasteiger partial charge in [0.05, 0.1) is 10.7 Å². The van der Waals surface area contributed by atoms with Crippen LogP contribution in [0.25, 0.3) is 0 Å². The molecule has 4 nitrogen and oxygen atoms in total. The normalized spacial score (nSPS) is 10.7. The molecule has 108 valence electrons. The second-order valence-corrected chi connectivity index (χ2v) is 5.34. The van der Waals surface area contributed by atoms with Gasteiger partial charge in [0.2, 0.25) is 5.91 Å². The van der Waals surface area contributed by atoms with Gasteiger partial charge in [-0.2, -0.15) is 5.10 Å². The van der Waals surface area contributed by atoms with E-state index in [0.717, 1.165) is 11.1 Å². The molecule has 21 heavy (non-hydrogen) atoms. The van der Waals surface area contributed by atoms with Crippen LogP contribution in [0.3, 0.4) is 0 Å². The molecule has 0 aliphatic rings. The Bertz CT molecular complexity index is 642. The highest BCUT2D eigenvalue weighted by atomic mass is 79.9. The number of phenols is 1. The fourth-order valence-electron chi connectivity index (χ4n) is 1.74. The van der Waals surface area contributed by atoms with Gasteiger partial charge in [-0.3, -0.25) is 4.79 Å². The summed E-state index contributed by atoms with van der Waals surface area (Å²) in [6.07, 6.45) is 2.61. The smallest absolute Gasteiger partial charge is 0.240 e. The van der Waals surface area contributed by atoms with Gasteiger partial charge in [0.15, 0.2) is 0 Å². The van der Waals surface area contributed by atoms with Crippen LogP contribution in [0.15, 0.2) is 58.1 Å². The lowest BCUT2D eigenvalue weighted by Crippen LogP contribution is -2.17.